The molecule has 0 unspecified atom stereocenters. The van der Waals surface area contributed by atoms with E-state index in [0.29, 0.717) is 41.3 Å². The van der Waals surface area contributed by atoms with Gasteiger partial charge in [-0.2, -0.15) is 0 Å². The Morgan fingerprint density at radius 1 is 0.962 bits per heavy atom. The average molecular weight is 732 g/mol. The summed E-state index contributed by atoms with van der Waals surface area (Å²) >= 11 is 0. The lowest BCUT2D eigenvalue weighted by molar-refractivity contribution is -0.150. The summed E-state index contributed by atoms with van der Waals surface area (Å²) in [6.07, 6.45) is 0.0295. The molecule has 4 aliphatic heterocycles. The number of likely N-dealkylation sites (N-methyl/N-ethyl adjacent to an activating group) is 1. The van der Waals surface area contributed by atoms with Gasteiger partial charge in [0.25, 0.3) is 11.8 Å². The third kappa shape index (κ3) is 5.47. The number of nitrogens with zero attached hydrogens (tertiary/aromatic N) is 3. The van der Waals surface area contributed by atoms with Crippen LogP contribution in [-0.2, 0) is 37.7 Å². The first-order valence-electron chi connectivity index (χ1n) is 18.3. The molecule has 0 aliphatic carbocycles. The first-order valence-corrected chi connectivity index (χ1v) is 21.3. The van der Waals surface area contributed by atoms with E-state index in [1.54, 1.807) is 28.9 Å². The molecule has 5 atom stereocenters. The van der Waals surface area contributed by atoms with Gasteiger partial charge in [-0.3, -0.25) is 19.3 Å². The lowest BCUT2D eigenvalue weighted by atomic mass is 9.82. The Kier molecular flexibility index (Phi) is 8.71. The molecule has 1 N–H and O–H groups in total. The van der Waals surface area contributed by atoms with Crippen LogP contribution in [0.4, 0.5) is 17.1 Å². The van der Waals surface area contributed by atoms with Gasteiger partial charge in [-0.1, -0.05) is 73.7 Å². The van der Waals surface area contributed by atoms with E-state index in [2.05, 4.69) is 38.2 Å². The van der Waals surface area contributed by atoms with Crippen molar-refractivity contribution >= 4 is 48.0 Å². The topological polar surface area (TPSA) is 109 Å². The molecule has 10 nitrogen and oxygen atoms in total. The highest BCUT2D eigenvalue weighted by Gasteiger charge is 2.66. The van der Waals surface area contributed by atoms with Gasteiger partial charge in [0.2, 0.25) is 5.91 Å². The van der Waals surface area contributed by atoms with Gasteiger partial charge in [-0.05, 0) is 65.6 Å². The quantitative estimate of drug-likeness (QED) is 0.258. The minimum atomic E-state index is -2.53. The van der Waals surface area contributed by atoms with E-state index < -0.39 is 19.8 Å². The number of carbonyl (C=O) groups is 3. The van der Waals surface area contributed by atoms with Crippen LogP contribution in [0.1, 0.15) is 30.0 Å². The molecule has 3 amide bonds. The zero-order valence-corrected chi connectivity index (χ0v) is 31.7. The lowest BCUT2D eigenvalue weighted by Gasteiger charge is -2.39. The largest absolute Gasteiger partial charge is 0.497 e. The predicted octanol–water partition coefficient (Wildman–Crippen LogP) is 5.28. The first kappa shape index (κ1) is 35.1. The second-order valence-electron chi connectivity index (χ2n) is 15.2. The number of fused-ring (bicyclic) bond motifs is 4. The van der Waals surface area contributed by atoms with Crippen LogP contribution in [0, 0.1) is 5.92 Å². The fraction of sp³-hybridized carbons (Fsp3) is 0.357. The summed E-state index contributed by atoms with van der Waals surface area (Å²) in [5, 5.41) is 11.6. The second-order valence-corrected chi connectivity index (χ2v) is 19.9. The molecule has 0 bridgehead atoms. The second kappa shape index (κ2) is 13.2. The first-order chi connectivity index (χ1) is 25.5. The van der Waals surface area contributed by atoms with Crippen LogP contribution in [-0.4, -0.2) is 75.3 Å². The molecule has 53 heavy (non-hydrogen) atoms. The third-order valence-electron chi connectivity index (χ3n) is 12.2. The van der Waals surface area contributed by atoms with Gasteiger partial charge in [0.15, 0.2) is 12.2 Å². The number of ether oxygens (including phenoxy) is 3. The Hall–Kier alpha value is -4.97. The number of methoxy groups -OCH3 is 1. The van der Waals surface area contributed by atoms with Crippen molar-refractivity contribution in [1.29, 1.82) is 0 Å². The van der Waals surface area contributed by atoms with Gasteiger partial charge in [0, 0.05) is 30.8 Å². The molecule has 11 heteroatoms. The maximum absolute atomic E-state index is 14.8. The number of aliphatic hydroxyl groups excluding tert-OH is 1. The van der Waals surface area contributed by atoms with Crippen LogP contribution in [0.25, 0.3) is 0 Å². The fourth-order valence-electron chi connectivity index (χ4n) is 9.46. The van der Waals surface area contributed by atoms with E-state index in [1.807, 2.05) is 72.8 Å². The molecular weight excluding hydrogens is 687 g/mol. The maximum atomic E-state index is 14.8. The van der Waals surface area contributed by atoms with E-state index >= 15 is 0 Å². The molecule has 4 heterocycles. The zero-order chi connectivity index (χ0) is 37.2. The van der Waals surface area contributed by atoms with Crippen molar-refractivity contribution in [1.82, 2.24) is 4.90 Å². The Bertz CT molecular complexity index is 2100. The van der Waals surface area contributed by atoms with Crippen molar-refractivity contribution in [3.05, 3.63) is 108 Å². The monoisotopic (exact) mass is 731 g/mol. The zero-order valence-electron chi connectivity index (χ0n) is 30.7. The van der Waals surface area contributed by atoms with E-state index in [9.17, 15) is 19.5 Å². The highest BCUT2D eigenvalue weighted by atomic mass is 28.3. The third-order valence-corrected chi connectivity index (χ3v) is 16.5. The van der Waals surface area contributed by atoms with Gasteiger partial charge in [0.1, 0.15) is 11.5 Å². The number of carbonyl (C=O) groups excluding carboxylic acids is 3. The summed E-state index contributed by atoms with van der Waals surface area (Å²) in [6.45, 7) is 6.81. The van der Waals surface area contributed by atoms with Crippen molar-refractivity contribution in [3.8, 4) is 11.5 Å². The summed E-state index contributed by atoms with van der Waals surface area (Å²) in [7, 11) is 0.875. The fourth-order valence-corrected chi connectivity index (χ4v) is 13.5. The molecule has 0 aromatic heterocycles. The summed E-state index contributed by atoms with van der Waals surface area (Å²) in [4.78, 5) is 47.8. The van der Waals surface area contributed by atoms with Gasteiger partial charge >= 0.3 is 0 Å². The summed E-state index contributed by atoms with van der Waals surface area (Å²) in [5.74, 6) is 0.510. The molecule has 1 saturated heterocycles. The van der Waals surface area contributed by atoms with Crippen LogP contribution in [0.15, 0.2) is 91.0 Å². The summed E-state index contributed by atoms with van der Waals surface area (Å²) in [6, 6.07) is 28.9. The number of para-hydroxylation sites is 2. The minimum Gasteiger partial charge on any atom is -0.497 e. The van der Waals surface area contributed by atoms with Crippen molar-refractivity contribution < 1.29 is 33.7 Å². The molecule has 1 fully saturated rings. The van der Waals surface area contributed by atoms with Crippen molar-refractivity contribution in [3.63, 3.8) is 0 Å². The van der Waals surface area contributed by atoms with Gasteiger partial charge in [0.05, 0.1) is 51.7 Å². The molecule has 1 spiro atoms. The Labute approximate surface area is 310 Å². The number of benzene rings is 4. The van der Waals surface area contributed by atoms with Crippen LogP contribution < -0.4 is 24.5 Å². The Morgan fingerprint density at radius 2 is 1.68 bits per heavy atom. The van der Waals surface area contributed by atoms with Crippen molar-refractivity contribution in [2.24, 2.45) is 5.92 Å². The maximum Gasteiger partial charge on any atom is 0.269 e. The lowest BCUT2D eigenvalue weighted by Crippen LogP contribution is -2.52. The predicted molar refractivity (Wildman–Crippen MR) is 205 cm³/mol. The highest BCUT2D eigenvalue weighted by molar-refractivity contribution is 6.91. The van der Waals surface area contributed by atoms with E-state index in [4.69, 9.17) is 14.2 Å². The Balaban J connectivity index is 1.22. The number of hydrogen-bond donors (Lipinski definition) is 1. The molecule has 0 saturated carbocycles. The molecule has 4 aromatic carbocycles. The molecule has 8 rings (SSSR count). The number of hydrogen-bond acceptors (Lipinski definition) is 7. The standard InChI is InChI=1S/C42H45N3O7Si/c1-26-40(53(4,5)32-17-15-31(50-3)16-18-32)37(22-38(47)44-23-28-11-7-6-10-27(28)20-30(44)24-46)52-42(26)33-21-29(14-19-34(33)43(2)41(42)49)45-35-12-8-9-13-36(35)51-25-39(45)48/h6-19,21,26,30,37,40,46H,20,22-25H2,1-5H3/t26-,30+,37+,40-,42+/m1/s1. The highest BCUT2D eigenvalue weighted by Crippen LogP contribution is 2.60. The van der Waals surface area contributed by atoms with Crippen LogP contribution in [0.2, 0.25) is 18.6 Å². The number of amides is 3. The number of rotatable bonds is 7. The van der Waals surface area contributed by atoms with Gasteiger partial charge in [-0.25, -0.2) is 0 Å². The Morgan fingerprint density at radius 3 is 2.42 bits per heavy atom. The normalized spacial score (nSPS) is 24.9. The SMILES string of the molecule is COc1ccc([Si](C)(C)[C@H]2[C@H](CC(=O)N3Cc4ccccc4C[C@H]3CO)O[C@@]3(C(=O)N(C)c4ccc(N5C(=O)COc6ccccc65)cc43)[C@@H]2C)cc1. The smallest absolute Gasteiger partial charge is 0.269 e. The summed E-state index contributed by atoms with van der Waals surface area (Å²) in [5.41, 5.74) is 3.29. The minimum absolute atomic E-state index is 0.0589. The molecule has 4 aliphatic rings. The van der Waals surface area contributed by atoms with Crippen LogP contribution >= 0.6 is 0 Å². The van der Waals surface area contributed by atoms with E-state index in [0.717, 1.165) is 22.1 Å². The summed E-state index contributed by atoms with van der Waals surface area (Å²) < 4.78 is 18.4. The van der Waals surface area contributed by atoms with Gasteiger partial charge in [-0.15, -0.1) is 0 Å². The number of aliphatic hydroxyl groups is 1. The van der Waals surface area contributed by atoms with Crippen LogP contribution in [0.5, 0.6) is 11.5 Å². The number of anilines is 3. The molecule has 0 radical (unpaired) electrons. The van der Waals surface area contributed by atoms with E-state index in [-0.39, 0.29) is 54.9 Å². The van der Waals surface area contributed by atoms with E-state index in [1.165, 1.54) is 0 Å². The molecule has 4 aromatic rings. The molecule has 274 valence electrons. The van der Waals surface area contributed by atoms with Crippen molar-refractivity contribution in [2.45, 2.75) is 62.7 Å². The van der Waals surface area contributed by atoms with Crippen LogP contribution in [0.3, 0.4) is 0 Å². The van der Waals surface area contributed by atoms with Gasteiger partial charge < -0.3 is 29.1 Å². The van der Waals surface area contributed by atoms with Crippen molar-refractivity contribution in [2.75, 3.05) is 37.2 Å². The molecular formula is C42H45N3O7Si. The average Bonchev–Trinajstić information content (AvgIpc) is 3.59.